The van der Waals surface area contributed by atoms with Crippen molar-refractivity contribution in [3.05, 3.63) is 47.3 Å². The third-order valence-electron chi connectivity index (χ3n) is 3.00. The van der Waals surface area contributed by atoms with Gasteiger partial charge in [-0.05, 0) is 38.5 Å². The second-order valence-corrected chi connectivity index (χ2v) is 4.68. The zero-order valence-corrected chi connectivity index (χ0v) is 11.6. The molecule has 1 aliphatic heterocycles. The van der Waals surface area contributed by atoms with Crippen LogP contribution in [0.4, 0.5) is 5.82 Å². The van der Waals surface area contributed by atoms with Crippen LogP contribution in [0.1, 0.15) is 18.2 Å². The fourth-order valence-electron chi connectivity index (χ4n) is 2.22. The Balaban J connectivity index is 2.11. The molecule has 0 unspecified atom stereocenters. The van der Waals surface area contributed by atoms with Gasteiger partial charge in [0.05, 0.1) is 5.70 Å². The molecule has 0 aromatic carbocycles. The average Bonchev–Trinajstić information content (AvgIpc) is 2.82. The quantitative estimate of drug-likeness (QED) is 0.668. The molecule has 1 N–H and O–H groups in total. The number of nitrogens with one attached hydrogen (secondary N) is 1. The molecular formula is C15H19N3O. The molecule has 1 aromatic rings. The molecule has 0 aliphatic carbocycles. The minimum atomic E-state index is -0.108. The van der Waals surface area contributed by atoms with Crippen molar-refractivity contribution in [1.29, 1.82) is 0 Å². The van der Waals surface area contributed by atoms with Crippen LogP contribution in [0.3, 0.4) is 0 Å². The van der Waals surface area contributed by atoms with Gasteiger partial charge in [-0.15, -0.1) is 0 Å². The number of hydrogen-bond acceptors (Lipinski definition) is 3. The zero-order chi connectivity index (χ0) is 13.8. The Hall–Kier alpha value is -2.10. The Bertz CT molecular complexity index is 518. The summed E-state index contributed by atoms with van der Waals surface area (Å²) in [6.07, 6.45) is 5.96. The third-order valence-corrected chi connectivity index (χ3v) is 3.00. The minimum Gasteiger partial charge on any atom is -0.360 e. The molecule has 4 nitrogen and oxygen atoms in total. The lowest BCUT2D eigenvalue weighted by molar-refractivity contribution is -0.114. The highest BCUT2D eigenvalue weighted by Crippen LogP contribution is 2.14. The number of pyridine rings is 1. The first-order valence-electron chi connectivity index (χ1n) is 6.43. The molecule has 4 heteroatoms. The third kappa shape index (κ3) is 3.22. The largest absolute Gasteiger partial charge is 0.360 e. The molecule has 1 aromatic heterocycles. The first-order chi connectivity index (χ1) is 9.10. The number of nitrogens with zero attached hydrogens (tertiary/aromatic N) is 2. The summed E-state index contributed by atoms with van der Waals surface area (Å²) in [5.74, 6) is 0.498. The van der Waals surface area contributed by atoms with Gasteiger partial charge in [0.1, 0.15) is 5.82 Å². The van der Waals surface area contributed by atoms with Gasteiger partial charge < -0.3 is 10.2 Å². The van der Waals surface area contributed by atoms with Crippen molar-refractivity contribution in [1.82, 2.24) is 9.88 Å². The Morgan fingerprint density at radius 2 is 2.00 bits per heavy atom. The standard InChI is InChI=1S/C15H19N3O/c1-4-13(18-7-5-6-8-18)15(19)17-14-10-11(2)9-12(3)16-14/h4-6,9-10H,7-8H2,1-3H3,(H,16,17,19). The SMILES string of the molecule is CC=C(C(=O)Nc1cc(C)cc(C)n1)N1CC=CC1. The van der Waals surface area contributed by atoms with Crippen LogP contribution in [0.25, 0.3) is 0 Å². The molecule has 100 valence electrons. The monoisotopic (exact) mass is 257 g/mol. The lowest BCUT2D eigenvalue weighted by atomic mass is 10.2. The van der Waals surface area contributed by atoms with E-state index in [2.05, 4.69) is 22.5 Å². The molecule has 0 atom stereocenters. The van der Waals surface area contributed by atoms with Crippen molar-refractivity contribution in [2.45, 2.75) is 20.8 Å². The second-order valence-electron chi connectivity index (χ2n) is 4.68. The number of anilines is 1. The number of rotatable bonds is 3. The summed E-state index contributed by atoms with van der Waals surface area (Å²) in [6, 6.07) is 3.86. The first-order valence-corrected chi connectivity index (χ1v) is 6.43. The number of amides is 1. The lowest BCUT2D eigenvalue weighted by Crippen LogP contribution is -2.29. The van der Waals surface area contributed by atoms with E-state index in [1.807, 2.05) is 43.9 Å². The smallest absolute Gasteiger partial charge is 0.272 e. The molecule has 0 fully saturated rings. The number of aromatic nitrogens is 1. The summed E-state index contributed by atoms with van der Waals surface area (Å²) in [4.78, 5) is 18.6. The van der Waals surface area contributed by atoms with E-state index in [1.165, 1.54) is 0 Å². The van der Waals surface area contributed by atoms with E-state index in [0.717, 1.165) is 24.3 Å². The van der Waals surface area contributed by atoms with Gasteiger partial charge in [0.15, 0.2) is 0 Å². The van der Waals surface area contributed by atoms with Gasteiger partial charge in [-0.25, -0.2) is 4.98 Å². The summed E-state index contributed by atoms with van der Waals surface area (Å²) in [7, 11) is 0. The Labute approximate surface area is 113 Å². The van der Waals surface area contributed by atoms with Gasteiger partial charge >= 0.3 is 0 Å². The summed E-state index contributed by atoms with van der Waals surface area (Å²) in [6.45, 7) is 7.36. The van der Waals surface area contributed by atoms with Crippen molar-refractivity contribution >= 4 is 11.7 Å². The van der Waals surface area contributed by atoms with E-state index < -0.39 is 0 Å². The molecule has 0 spiro atoms. The van der Waals surface area contributed by atoms with Gasteiger partial charge in [-0.3, -0.25) is 4.79 Å². The highest BCUT2D eigenvalue weighted by molar-refractivity contribution is 6.02. The fourth-order valence-corrected chi connectivity index (χ4v) is 2.22. The normalized spacial score (nSPS) is 14.9. The highest BCUT2D eigenvalue weighted by Gasteiger charge is 2.17. The molecular weight excluding hydrogens is 238 g/mol. The molecule has 0 bridgehead atoms. The van der Waals surface area contributed by atoms with E-state index in [9.17, 15) is 4.79 Å². The van der Waals surface area contributed by atoms with Gasteiger partial charge in [-0.1, -0.05) is 18.2 Å². The topological polar surface area (TPSA) is 45.2 Å². The number of allylic oxidation sites excluding steroid dienone is 1. The van der Waals surface area contributed by atoms with Crippen LogP contribution >= 0.6 is 0 Å². The summed E-state index contributed by atoms with van der Waals surface area (Å²) < 4.78 is 0. The van der Waals surface area contributed by atoms with E-state index in [-0.39, 0.29) is 5.91 Å². The van der Waals surface area contributed by atoms with Crippen molar-refractivity contribution in [2.24, 2.45) is 0 Å². The van der Waals surface area contributed by atoms with Gasteiger partial charge in [-0.2, -0.15) is 0 Å². The number of hydrogen-bond donors (Lipinski definition) is 1. The van der Waals surface area contributed by atoms with Crippen LogP contribution in [-0.2, 0) is 4.79 Å². The lowest BCUT2D eigenvalue weighted by Gasteiger charge is -2.20. The van der Waals surface area contributed by atoms with Crippen LogP contribution in [-0.4, -0.2) is 28.9 Å². The highest BCUT2D eigenvalue weighted by atomic mass is 16.2. The molecule has 19 heavy (non-hydrogen) atoms. The number of aryl methyl sites for hydroxylation is 2. The predicted molar refractivity (Wildman–Crippen MR) is 76.8 cm³/mol. The summed E-state index contributed by atoms with van der Waals surface area (Å²) in [5, 5.41) is 2.86. The summed E-state index contributed by atoms with van der Waals surface area (Å²) >= 11 is 0. The molecule has 1 amide bonds. The van der Waals surface area contributed by atoms with Gasteiger partial charge in [0.2, 0.25) is 0 Å². The first kappa shape index (κ1) is 13.3. The Morgan fingerprint density at radius 1 is 1.32 bits per heavy atom. The van der Waals surface area contributed by atoms with Crippen LogP contribution in [0.5, 0.6) is 0 Å². The predicted octanol–water partition coefficient (Wildman–Crippen LogP) is 2.41. The maximum atomic E-state index is 12.3. The van der Waals surface area contributed by atoms with Crippen molar-refractivity contribution in [2.75, 3.05) is 18.4 Å². The van der Waals surface area contributed by atoms with Crippen LogP contribution < -0.4 is 5.32 Å². The van der Waals surface area contributed by atoms with Gasteiger partial charge in [0.25, 0.3) is 5.91 Å². The molecule has 0 saturated carbocycles. The zero-order valence-electron chi connectivity index (χ0n) is 11.6. The molecule has 2 heterocycles. The van der Waals surface area contributed by atoms with Crippen molar-refractivity contribution < 1.29 is 4.79 Å². The maximum absolute atomic E-state index is 12.3. The van der Waals surface area contributed by atoms with Crippen molar-refractivity contribution in [3.63, 3.8) is 0 Å². The number of carbonyl (C=O) groups is 1. The molecule has 1 aliphatic rings. The van der Waals surface area contributed by atoms with Gasteiger partial charge in [0, 0.05) is 18.8 Å². The van der Waals surface area contributed by atoms with E-state index >= 15 is 0 Å². The van der Waals surface area contributed by atoms with Crippen LogP contribution in [0.2, 0.25) is 0 Å². The van der Waals surface area contributed by atoms with Crippen LogP contribution in [0.15, 0.2) is 36.1 Å². The van der Waals surface area contributed by atoms with Crippen molar-refractivity contribution in [3.8, 4) is 0 Å². The average molecular weight is 257 g/mol. The fraction of sp³-hybridized carbons (Fsp3) is 0.333. The molecule has 0 radical (unpaired) electrons. The number of carbonyl (C=O) groups excluding carboxylic acids is 1. The summed E-state index contributed by atoms with van der Waals surface area (Å²) in [5.41, 5.74) is 2.68. The van der Waals surface area contributed by atoms with E-state index in [0.29, 0.717) is 11.5 Å². The second kappa shape index (κ2) is 5.69. The Kier molecular flexibility index (Phi) is 4.00. The van der Waals surface area contributed by atoms with Crippen LogP contribution in [0, 0.1) is 13.8 Å². The maximum Gasteiger partial charge on any atom is 0.272 e. The van der Waals surface area contributed by atoms with E-state index in [1.54, 1.807) is 0 Å². The molecule has 2 rings (SSSR count). The minimum absolute atomic E-state index is 0.108. The Morgan fingerprint density at radius 3 is 2.58 bits per heavy atom. The molecule has 0 saturated heterocycles. The van der Waals surface area contributed by atoms with E-state index in [4.69, 9.17) is 0 Å².